The summed E-state index contributed by atoms with van der Waals surface area (Å²) in [6, 6.07) is 7.54. The Balaban J connectivity index is 2.02. The maximum atomic E-state index is 12.3. The van der Waals surface area contributed by atoms with Gasteiger partial charge < -0.3 is 30.6 Å². The molecule has 2 aromatic rings. The average Bonchev–Trinajstić information content (AvgIpc) is 2.64. The van der Waals surface area contributed by atoms with Gasteiger partial charge in [0.1, 0.15) is 11.8 Å². The number of carbonyl (C=O) groups excluding carboxylic acids is 1. The van der Waals surface area contributed by atoms with Crippen LogP contribution >= 0.6 is 0 Å². The molecule has 2 aromatic carbocycles. The van der Waals surface area contributed by atoms with E-state index in [1.165, 1.54) is 30.3 Å². The zero-order valence-corrected chi connectivity index (χ0v) is 15.8. The summed E-state index contributed by atoms with van der Waals surface area (Å²) in [5.74, 6) is -2.61. The van der Waals surface area contributed by atoms with Gasteiger partial charge >= 0.3 is 17.3 Å². The first-order valence-corrected chi connectivity index (χ1v) is 9.36. The number of aliphatic carboxylic acids is 1. The summed E-state index contributed by atoms with van der Waals surface area (Å²) in [4.78, 5) is 23.8. The van der Waals surface area contributed by atoms with Crippen molar-refractivity contribution in [2.45, 2.75) is 24.9 Å². The molecule has 7 N–H and O–H groups in total. The highest BCUT2D eigenvalue weighted by molar-refractivity contribution is 7.74. The lowest BCUT2D eigenvalue weighted by Crippen LogP contribution is -2.50. The van der Waals surface area contributed by atoms with Crippen LogP contribution < -0.4 is 15.2 Å². The quantitative estimate of drug-likeness (QED) is 0.309. The van der Waals surface area contributed by atoms with Crippen molar-refractivity contribution in [1.29, 1.82) is 0 Å². The number of hydrogen-bond acceptors (Lipinski definition) is 7. The van der Waals surface area contributed by atoms with Crippen LogP contribution in [0.4, 0.5) is 0 Å². The summed E-state index contributed by atoms with van der Waals surface area (Å²) in [6.45, 7) is 0. The lowest BCUT2D eigenvalue weighted by Gasteiger charge is -2.18. The second kappa shape index (κ2) is 9.87. The Bertz CT molecular complexity index is 903. The Labute approximate surface area is 168 Å². The SMILES string of the molecule is N[C@@H](Cc1ccc(O)cc1)C(=O)N[C@@H](Cc1ccc(OS(=O)O)c(O)c1)C(=O)O. The molecule has 0 saturated carbocycles. The molecule has 11 heteroatoms. The van der Waals surface area contributed by atoms with Gasteiger partial charge in [-0.2, -0.15) is 4.21 Å². The number of benzene rings is 2. The predicted octanol–water partition coefficient (Wildman–Crippen LogP) is 0.295. The molecule has 0 radical (unpaired) electrons. The monoisotopic (exact) mass is 424 g/mol. The summed E-state index contributed by atoms with van der Waals surface area (Å²) >= 11 is -2.62. The standard InChI is InChI=1S/C18H20N2O8S/c19-13(7-10-1-4-12(21)5-2-10)17(23)20-14(18(24)25)8-11-3-6-16(15(22)9-11)28-29(26)27/h1-6,9,13-14,21-22H,7-8,19H2,(H,20,23)(H,24,25)(H,26,27)/t13-,14-/m0/s1. The van der Waals surface area contributed by atoms with Crippen LogP contribution in [0.5, 0.6) is 17.2 Å². The van der Waals surface area contributed by atoms with Gasteiger partial charge in [0, 0.05) is 6.42 Å². The number of rotatable bonds is 9. The number of carboxylic acids is 1. The highest BCUT2D eigenvalue weighted by Gasteiger charge is 2.24. The lowest BCUT2D eigenvalue weighted by atomic mass is 10.0. The fourth-order valence-electron chi connectivity index (χ4n) is 2.53. The summed E-state index contributed by atoms with van der Waals surface area (Å²) in [6.07, 6.45) is -0.0212. The number of nitrogens with two attached hydrogens (primary N) is 1. The number of phenolic OH excluding ortho intramolecular Hbond substituents is 2. The summed E-state index contributed by atoms with van der Waals surface area (Å²) < 4.78 is 23.8. The van der Waals surface area contributed by atoms with E-state index in [2.05, 4.69) is 9.50 Å². The number of amides is 1. The Hall–Kier alpha value is -3.15. The highest BCUT2D eigenvalue weighted by Crippen LogP contribution is 2.27. The Morgan fingerprint density at radius 2 is 1.69 bits per heavy atom. The van der Waals surface area contributed by atoms with Crippen LogP contribution in [0.25, 0.3) is 0 Å². The van der Waals surface area contributed by atoms with Crippen molar-refractivity contribution in [3.05, 3.63) is 53.6 Å². The van der Waals surface area contributed by atoms with Crippen LogP contribution in [0.3, 0.4) is 0 Å². The van der Waals surface area contributed by atoms with E-state index in [0.29, 0.717) is 11.1 Å². The smallest absolute Gasteiger partial charge is 0.357 e. The van der Waals surface area contributed by atoms with Gasteiger partial charge in [0.25, 0.3) is 0 Å². The van der Waals surface area contributed by atoms with E-state index in [-0.39, 0.29) is 24.3 Å². The molecule has 0 aliphatic carbocycles. The molecule has 0 fully saturated rings. The van der Waals surface area contributed by atoms with Gasteiger partial charge in [-0.25, -0.2) is 4.79 Å². The van der Waals surface area contributed by atoms with Gasteiger partial charge in [-0.15, -0.1) is 0 Å². The molecule has 10 nitrogen and oxygen atoms in total. The highest BCUT2D eigenvalue weighted by atomic mass is 32.2. The number of aromatic hydroxyl groups is 2. The first kappa shape index (κ1) is 22.1. The van der Waals surface area contributed by atoms with E-state index in [1.54, 1.807) is 12.1 Å². The molecular weight excluding hydrogens is 404 g/mol. The molecule has 0 saturated heterocycles. The maximum Gasteiger partial charge on any atom is 0.357 e. The van der Waals surface area contributed by atoms with E-state index < -0.39 is 41.1 Å². The van der Waals surface area contributed by atoms with Gasteiger partial charge in [0.15, 0.2) is 11.5 Å². The molecule has 0 spiro atoms. The number of carboxylic acid groups (broad SMARTS) is 1. The van der Waals surface area contributed by atoms with Gasteiger partial charge in [0.2, 0.25) is 5.91 Å². The third kappa shape index (κ3) is 6.75. The molecule has 1 unspecified atom stereocenters. The lowest BCUT2D eigenvalue weighted by molar-refractivity contribution is -0.141. The second-order valence-corrected chi connectivity index (χ2v) is 6.78. The minimum Gasteiger partial charge on any atom is -0.508 e. The minimum absolute atomic E-state index is 0.0719. The van der Waals surface area contributed by atoms with E-state index in [4.69, 9.17) is 10.3 Å². The summed E-state index contributed by atoms with van der Waals surface area (Å²) in [5.41, 5.74) is 6.88. The Morgan fingerprint density at radius 3 is 2.24 bits per heavy atom. The van der Waals surface area contributed by atoms with Gasteiger partial charge in [0.05, 0.1) is 6.04 Å². The van der Waals surface area contributed by atoms with Crippen molar-refractivity contribution in [1.82, 2.24) is 5.32 Å². The molecule has 0 heterocycles. The first-order chi connectivity index (χ1) is 13.7. The van der Waals surface area contributed by atoms with Crippen molar-refractivity contribution in [2.75, 3.05) is 0 Å². The van der Waals surface area contributed by atoms with E-state index >= 15 is 0 Å². The molecule has 0 bridgehead atoms. The molecule has 0 aromatic heterocycles. The average molecular weight is 424 g/mol. The van der Waals surface area contributed by atoms with E-state index in [9.17, 15) is 29.1 Å². The van der Waals surface area contributed by atoms with Crippen LogP contribution in [0, 0.1) is 0 Å². The third-order valence-electron chi connectivity index (χ3n) is 3.97. The predicted molar refractivity (Wildman–Crippen MR) is 103 cm³/mol. The fourth-order valence-corrected chi connectivity index (χ4v) is 2.82. The molecule has 156 valence electrons. The zero-order valence-electron chi connectivity index (χ0n) is 15.0. The molecule has 29 heavy (non-hydrogen) atoms. The van der Waals surface area contributed by atoms with E-state index in [1.807, 2.05) is 0 Å². The van der Waals surface area contributed by atoms with Crippen molar-refractivity contribution >= 4 is 23.2 Å². The number of hydrogen-bond donors (Lipinski definition) is 6. The van der Waals surface area contributed by atoms with Gasteiger partial charge in [-0.3, -0.25) is 9.35 Å². The van der Waals surface area contributed by atoms with E-state index in [0.717, 1.165) is 0 Å². The molecular formula is C18H20N2O8S. The molecule has 0 aliphatic heterocycles. The molecule has 0 aliphatic rings. The largest absolute Gasteiger partial charge is 0.508 e. The molecule has 3 atom stereocenters. The van der Waals surface area contributed by atoms with Crippen LogP contribution in [-0.2, 0) is 33.8 Å². The summed E-state index contributed by atoms with van der Waals surface area (Å²) in [7, 11) is 0. The summed E-state index contributed by atoms with van der Waals surface area (Å²) in [5, 5.41) is 30.8. The van der Waals surface area contributed by atoms with Crippen LogP contribution in [0.2, 0.25) is 0 Å². The number of nitrogens with one attached hydrogen (secondary N) is 1. The maximum absolute atomic E-state index is 12.3. The number of carbonyl (C=O) groups is 2. The minimum atomic E-state index is -2.62. The van der Waals surface area contributed by atoms with Crippen molar-refractivity contribution in [2.24, 2.45) is 5.73 Å². The first-order valence-electron chi connectivity index (χ1n) is 8.33. The number of phenols is 2. The van der Waals surface area contributed by atoms with Crippen molar-refractivity contribution in [3.63, 3.8) is 0 Å². The molecule has 2 rings (SSSR count). The fraction of sp³-hybridized carbons (Fsp3) is 0.222. The van der Waals surface area contributed by atoms with Crippen LogP contribution in [0.15, 0.2) is 42.5 Å². The normalized spacial score (nSPS) is 13.9. The zero-order chi connectivity index (χ0) is 21.6. The van der Waals surface area contributed by atoms with Gasteiger partial charge in [-0.1, -0.05) is 18.2 Å². The van der Waals surface area contributed by atoms with Crippen molar-refractivity contribution in [3.8, 4) is 17.2 Å². The Morgan fingerprint density at radius 1 is 1.07 bits per heavy atom. The third-order valence-corrected chi connectivity index (χ3v) is 4.29. The van der Waals surface area contributed by atoms with Crippen molar-refractivity contribution < 1.29 is 37.9 Å². The molecule has 1 amide bonds. The topological polar surface area (TPSA) is 179 Å². The van der Waals surface area contributed by atoms with Crippen LogP contribution in [-0.4, -0.2) is 48.0 Å². The second-order valence-electron chi connectivity index (χ2n) is 6.18. The Kier molecular flexibility index (Phi) is 7.53. The van der Waals surface area contributed by atoms with Gasteiger partial charge in [-0.05, 0) is 41.8 Å². The van der Waals surface area contributed by atoms with Crippen LogP contribution in [0.1, 0.15) is 11.1 Å².